The number of hydrogen-bond donors (Lipinski definition) is 1. The lowest BCUT2D eigenvalue weighted by molar-refractivity contribution is -0.122. The molecule has 0 unspecified atom stereocenters. The minimum Gasteiger partial charge on any atom is -0.483 e. The molecule has 0 spiro atoms. The summed E-state index contributed by atoms with van der Waals surface area (Å²) in [5.74, 6) is 0.632. The van der Waals surface area contributed by atoms with Crippen LogP contribution >= 0.6 is 15.9 Å². The van der Waals surface area contributed by atoms with E-state index in [4.69, 9.17) is 4.74 Å². The van der Waals surface area contributed by atoms with Crippen LogP contribution in [0.1, 0.15) is 12.5 Å². The van der Waals surface area contributed by atoms with Crippen LogP contribution in [0.15, 0.2) is 22.7 Å². The minimum absolute atomic E-state index is 0.0606. The molecule has 0 atom stereocenters. The number of ether oxygens (including phenoxy) is 1. The lowest BCUT2D eigenvalue weighted by Gasteiger charge is -2.09. The first-order chi connectivity index (χ1) is 7.13. The molecule has 0 heterocycles. The number of carbonyl (C=O) groups is 1. The maximum Gasteiger partial charge on any atom is 0.257 e. The van der Waals surface area contributed by atoms with Crippen LogP contribution in [0.3, 0.4) is 0 Å². The number of aryl methyl sites for hydroxylation is 1. The fourth-order valence-electron chi connectivity index (χ4n) is 1.12. The Bertz CT molecular complexity index is 352. The predicted molar refractivity (Wildman–Crippen MR) is 63.1 cm³/mol. The van der Waals surface area contributed by atoms with Crippen LogP contribution in [0.25, 0.3) is 0 Å². The second-order valence-electron chi connectivity index (χ2n) is 3.15. The molecule has 1 aromatic rings. The fourth-order valence-corrected chi connectivity index (χ4v) is 1.46. The van der Waals surface area contributed by atoms with E-state index in [9.17, 15) is 4.79 Å². The number of likely N-dealkylation sites (N-methyl/N-ethyl adjacent to an activating group) is 1. The summed E-state index contributed by atoms with van der Waals surface area (Å²) in [7, 11) is 0. The van der Waals surface area contributed by atoms with Gasteiger partial charge in [-0.3, -0.25) is 4.79 Å². The van der Waals surface area contributed by atoms with E-state index in [1.54, 1.807) is 0 Å². The Kier molecular flexibility index (Phi) is 4.62. The van der Waals surface area contributed by atoms with E-state index in [0.29, 0.717) is 6.54 Å². The van der Waals surface area contributed by atoms with Gasteiger partial charge in [0.25, 0.3) is 5.91 Å². The summed E-state index contributed by atoms with van der Waals surface area (Å²) >= 11 is 3.35. The SMILES string of the molecule is CCNC(=O)COc1cc(Br)ccc1C. The average Bonchev–Trinajstić information content (AvgIpc) is 2.20. The van der Waals surface area contributed by atoms with Crippen LogP contribution < -0.4 is 10.1 Å². The maximum atomic E-state index is 11.2. The quantitative estimate of drug-likeness (QED) is 0.913. The zero-order valence-corrected chi connectivity index (χ0v) is 10.4. The Balaban J connectivity index is 2.57. The minimum atomic E-state index is -0.100. The molecular formula is C11H14BrNO2. The van der Waals surface area contributed by atoms with Gasteiger partial charge in [0.1, 0.15) is 5.75 Å². The molecule has 1 N–H and O–H groups in total. The second-order valence-corrected chi connectivity index (χ2v) is 4.07. The van der Waals surface area contributed by atoms with E-state index >= 15 is 0 Å². The van der Waals surface area contributed by atoms with E-state index < -0.39 is 0 Å². The van der Waals surface area contributed by atoms with Gasteiger partial charge in [0.2, 0.25) is 0 Å². The molecule has 82 valence electrons. The Morgan fingerprint density at radius 3 is 2.93 bits per heavy atom. The Morgan fingerprint density at radius 1 is 1.53 bits per heavy atom. The maximum absolute atomic E-state index is 11.2. The standard InChI is InChI=1S/C11H14BrNO2/c1-3-13-11(14)7-15-10-6-9(12)5-4-8(10)2/h4-6H,3,7H2,1-2H3,(H,13,14). The first-order valence-electron chi connectivity index (χ1n) is 4.79. The van der Waals surface area contributed by atoms with Crippen molar-refractivity contribution in [1.82, 2.24) is 5.32 Å². The third-order valence-corrected chi connectivity index (χ3v) is 2.38. The van der Waals surface area contributed by atoms with Crippen molar-refractivity contribution in [2.24, 2.45) is 0 Å². The van der Waals surface area contributed by atoms with E-state index in [2.05, 4.69) is 21.2 Å². The molecule has 0 aliphatic heterocycles. The molecule has 0 aliphatic rings. The molecule has 1 rings (SSSR count). The Morgan fingerprint density at radius 2 is 2.27 bits per heavy atom. The molecule has 0 bridgehead atoms. The summed E-state index contributed by atoms with van der Waals surface area (Å²) in [5.41, 5.74) is 1.02. The first-order valence-corrected chi connectivity index (χ1v) is 5.58. The highest BCUT2D eigenvalue weighted by Gasteiger charge is 2.03. The van der Waals surface area contributed by atoms with Crippen LogP contribution in [-0.2, 0) is 4.79 Å². The number of carbonyl (C=O) groups excluding carboxylic acids is 1. The highest BCUT2D eigenvalue weighted by atomic mass is 79.9. The van der Waals surface area contributed by atoms with Gasteiger partial charge in [-0.15, -0.1) is 0 Å². The predicted octanol–water partition coefficient (Wildman–Crippen LogP) is 2.27. The molecule has 4 heteroatoms. The van der Waals surface area contributed by atoms with Crippen LogP contribution in [0.2, 0.25) is 0 Å². The van der Waals surface area contributed by atoms with Gasteiger partial charge in [-0.1, -0.05) is 22.0 Å². The van der Waals surface area contributed by atoms with Crippen LogP contribution in [0.4, 0.5) is 0 Å². The third-order valence-electron chi connectivity index (χ3n) is 1.88. The molecule has 0 aliphatic carbocycles. The monoisotopic (exact) mass is 271 g/mol. The summed E-state index contributed by atoms with van der Waals surface area (Å²) in [4.78, 5) is 11.2. The van der Waals surface area contributed by atoms with Gasteiger partial charge >= 0.3 is 0 Å². The molecule has 3 nitrogen and oxygen atoms in total. The molecule has 0 fully saturated rings. The van der Waals surface area contributed by atoms with Gasteiger partial charge < -0.3 is 10.1 Å². The van der Waals surface area contributed by atoms with Gasteiger partial charge in [0, 0.05) is 11.0 Å². The van der Waals surface area contributed by atoms with Crippen molar-refractivity contribution in [2.45, 2.75) is 13.8 Å². The van der Waals surface area contributed by atoms with Crippen LogP contribution in [0.5, 0.6) is 5.75 Å². The summed E-state index contributed by atoms with van der Waals surface area (Å²) in [6, 6.07) is 5.74. The molecule has 0 saturated heterocycles. The van der Waals surface area contributed by atoms with E-state index in [1.807, 2.05) is 32.0 Å². The molecule has 0 aromatic heterocycles. The third kappa shape index (κ3) is 3.91. The molecule has 0 saturated carbocycles. The fraction of sp³-hybridized carbons (Fsp3) is 0.364. The molecule has 15 heavy (non-hydrogen) atoms. The van der Waals surface area contributed by atoms with Gasteiger partial charge in [0.05, 0.1) is 0 Å². The largest absolute Gasteiger partial charge is 0.483 e. The van der Waals surface area contributed by atoms with Crippen molar-refractivity contribution in [3.63, 3.8) is 0 Å². The number of rotatable bonds is 4. The van der Waals surface area contributed by atoms with Crippen molar-refractivity contribution in [3.05, 3.63) is 28.2 Å². The number of hydrogen-bond acceptors (Lipinski definition) is 2. The number of benzene rings is 1. The van der Waals surface area contributed by atoms with Gasteiger partial charge in [-0.25, -0.2) is 0 Å². The number of nitrogens with one attached hydrogen (secondary N) is 1. The van der Waals surface area contributed by atoms with Crippen molar-refractivity contribution >= 4 is 21.8 Å². The zero-order valence-electron chi connectivity index (χ0n) is 8.84. The topological polar surface area (TPSA) is 38.3 Å². The number of amides is 1. The van der Waals surface area contributed by atoms with Gasteiger partial charge in [0.15, 0.2) is 6.61 Å². The first kappa shape index (κ1) is 12.0. The van der Waals surface area contributed by atoms with E-state index in [0.717, 1.165) is 15.8 Å². The second kappa shape index (κ2) is 5.75. The van der Waals surface area contributed by atoms with Crippen molar-refractivity contribution in [2.75, 3.05) is 13.2 Å². The molecule has 1 amide bonds. The Hall–Kier alpha value is -1.03. The van der Waals surface area contributed by atoms with E-state index in [1.165, 1.54) is 0 Å². The van der Waals surface area contributed by atoms with E-state index in [-0.39, 0.29) is 12.5 Å². The van der Waals surface area contributed by atoms with Gasteiger partial charge in [-0.2, -0.15) is 0 Å². The lowest BCUT2D eigenvalue weighted by atomic mass is 10.2. The van der Waals surface area contributed by atoms with Crippen LogP contribution in [0, 0.1) is 6.92 Å². The van der Waals surface area contributed by atoms with Crippen molar-refractivity contribution in [3.8, 4) is 5.75 Å². The smallest absolute Gasteiger partial charge is 0.257 e. The summed E-state index contributed by atoms with van der Waals surface area (Å²) in [5, 5.41) is 2.67. The Labute approximate surface area is 97.9 Å². The van der Waals surface area contributed by atoms with Crippen molar-refractivity contribution in [1.29, 1.82) is 0 Å². The average molecular weight is 272 g/mol. The summed E-state index contributed by atoms with van der Waals surface area (Å²) < 4.78 is 6.33. The highest BCUT2D eigenvalue weighted by Crippen LogP contribution is 2.22. The molecular weight excluding hydrogens is 258 g/mol. The van der Waals surface area contributed by atoms with Crippen LogP contribution in [-0.4, -0.2) is 19.1 Å². The molecule has 1 aromatic carbocycles. The van der Waals surface area contributed by atoms with Gasteiger partial charge in [-0.05, 0) is 31.5 Å². The molecule has 0 radical (unpaired) electrons. The zero-order chi connectivity index (χ0) is 11.3. The number of halogens is 1. The lowest BCUT2D eigenvalue weighted by Crippen LogP contribution is -2.28. The highest BCUT2D eigenvalue weighted by molar-refractivity contribution is 9.10. The van der Waals surface area contributed by atoms with Crippen molar-refractivity contribution < 1.29 is 9.53 Å². The summed E-state index contributed by atoms with van der Waals surface area (Å²) in [6.45, 7) is 4.51. The summed E-state index contributed by atoms with van der Waals surface area (Å²) in [6.07, 6.45) is 0. The normalized spacial score (nSPS) is 9.80.